The number of nitrogens with one attached hydrogen (secondary N) is 4. The smallest absolute Gasteiger partial charge is 0.407 e. The number of fused-ring (bicyclic) bond motifs is 6. The molecule has 0 aliphatic carbocycles. The number of methoxy groups -OCH3 is 2. The zero-order valence-corrected chi connectivity index (χ0v) is 41.4. The van der Waals surface area contributed by atoms with Crippen LogP contribution in [0, 0.1) is 17.7 Å². The molecule has 6 aromatic rings. The van der Waals surface area contributed by atoms with E-state index in [9.17, 15) is 19.2 Å². The molecule has 8 heterocycles. The number of likely N-dealkylation sites (tertiary alicyclic amines) is 2. The first-order valence-electron chi connectivity index (χ1n) is 25.4. The van der Waals surface area contributed by atoms with Crippen molar-refractivity contribution in [2.45, 2.75) is 95.6 Å². The van der Waals surface area contributed by atoms with Gasteiger partial charge in [-0.3, -0.25) is 9.59 Å². The van der Waals surface area contributed by atoms with Crippen molar-refractivity contribution in [3.63, 3.8) is 0 Å². The average Bonchev–Trinajstić information content (AvgIpc) is 4.28. The molecule has 0 unspecified atom stereocenters. The van der Waals surface area contributed by atoms with Crippen molar-refractivity contribution in [1.29, 1.82) is 0 Å². The van der Waals surface area contributed by atoms with Gasteiger partial charge in [-0.05, 0) is 105 Å². The Kier molecular flexibility index (Phi) is 13.0. The number of carbonyl (C=O) groups excluding carboxylic acids is 4. The molecule has 0 saturated carbocycles. The molecule has 4 amide bonds. The second kappa shape index (κ2) is 19.9. The maximum atomic E-state index is 17.1. The predicted molar refractivity (Wildman–Crippen MR) is 266 cm³/mol. The molecule has 0 bridgehead atoms. The molecule has 0 spiro atoms. The summed E-state index contributed by atoms with van der Waals surface area (Å²) in [5.41, 5.74) is 6.43. The van der Waals surface area contributed by atoms with Crippen molar-refractivity contribution in [2.24, 2.45) is 11.8 Å². The summed E-state index contributed by atoms with van der Waals surface area (Å²) < 4.78 is 47.4. The fourth-order valence-electron chi connectivity index (χ4n) is 11.4. The number of aryl methyl sites for hydroxylation is 1. The topological polar surface area (TPSA) is 207 Å². The SMILES string of the molecule is COC(=O)N[C@H](C(=O)N1CCC[C@H]1c1ncc(-c2cc(F)c3c(c2)O[C@@H](c2ccc4c(c2)OCCC4)n2c-3cc3cc(-c4cnc([C@@H]5CCCN5C(=O)[C@@H](NC(=O)OC)C5CCOCC5)[nH]4)ccc32)[nH]1)C(C)C. The molecule has 3 aromatic heterocycles. The number of aromatic nitrogens is 5. The molecule has 19 heteroatoms. The number of nitrogens with zero attached hydrogens (tertiary/aromatic N) is 5. The van der Waals surface area contributed by atoms with Crippen LogP contribution < -0.4 is 20.1 Å². The monoisotopic (exact) mass is 997 g/mol. The number of carbonyl (C=O) groups is 4. The van der Waals surface area contributed by atoms with Gasteiger partial charge in [0.15, 0.2) is 0 Å². The highest BCUT2D eigenvalue weighted by Gasteiger charge is 2.41. The van der Waals surface area contributed by atoms with Crippen LogP contribution in [0.4, 0.5) is 14.0 Å². The maximum absolute atomic E-state index is 17.1. The van der Waals surface area contributed by atoms with Gasteiger partial charge in [0.2, 0.25) is 18.0 Å². The highest BCUT2D eigenvalue weighted by Crippen LogP contribution is 2.48. The maximum Gasteiger partial charge on any atom is 0.407 e. The highest BCUT2D eigenvalue weighted by atomic mass is 19.1. The zero-order valence-electron chi connectivity index (χ0n) is 41.4. The van der Waals surface area contributed by atoms with E-state index in [1.54, 1.807) is 17.3 Å². The van der Waals surface area contributed by atoms with Gasteiger partial charge in [-0.1, -0.05) is 32.0 Å². The van der Waals surface area contributed by atoms with E-state index < -0.39 is 36.3 Å². The number of aromatic amines is 2. The van der Waals surface area contributed by atoms with Gasteiger partial charge >= 0.3 is 12.2 Å². The lowest BCUT2D eigenvalue weighted by molar-refractivity contribution is -0.137. The molecule has 5 atom stereocenters. The summed E-state index contributed by atoms with van der Waals surface area (Å²) in [6.07, 6.45) is 7.49. The number of alkyl carbamates (subject to hydrolysis) is 2. The van der Waals surface area contributed by atoms with Gasteiger partial charge in [0.05, 0.1) is 73.5 Å². The Labute approximate surface area is 421 Å². The zero-order chi connectivity index (χ0) is 50.5. The minimum Gasteiger partial charge on any atom is -0.493 e. The predicted octanol–water partition coefficient (Wildman–Crippen LogP) is 8.35. The Morgan fingerprint density at radius 2 is 1.44 bits per heavy atom. The van der Waals surface area contributed by atoms with E-state index in [0.717, 1.165) is 64.7 Å². The molecule has 11 rings (SSSR count). The van der Waals surface area contributed by atoms with Gasteiger partial charge in [0, 0.05) is 48.4 Å². The third-order valence-corrected chi connectivity index (χ3v) is 15.2. The summed E-state index contributed by atoms with van der Waals surface area (Å²) in [4.78, 5) is 72.7. The van der Waals surface area contributed by atoms with Crippen LogP contribution in [0.5, 0.6) is 11.5 Å². The van der Waals surface area contributed by atoms with Crippen LogP contribution in [-0.2, 0) is 30.2 Å². The lowest BCUT2D eigenvalue weighted by Crippen LogP contribution is -2.53. The molecule has 5 aliphatic heterocycles. The normalized spacial score (nSPS) is 20.4. The van der Waals surface area contributed by atoms with Gasteiger partial charge in [0.25, 0.3) is 0 Å². The molecule has 18 nitrogen and oxygen atoms in total. The quantitative estimate of drug-likeness (QED) is 0.0970. The van der Waals surface area contributed by atoms with E-state index in [1.165, 1.54) is 20.3 Å². The largest absolute Gasteiger partial charge is 0.493 e. The Morgan fingerprint density at radius 1 is 0.753 bits per heavy atom. The fraction of sp³-hybridized carbons (Fsp3) is 0.444. The van der Waals surface area contributed by atoms with E-state index >= 15 is 4.39 Å². The highest BCUT2D eigenvalue weighted by molar-refractivity contribution is 5.93. The number of H-pyrrole nitrogens is 2. The average molecular weight is 998 g/mol. The second-order valence-corrected chi connectivity index (χ2v) is 20.0. The number of amides is 4. The fourth-order valence-corrected chi connectivity index (χ4v) is 11.4. The molecular formula is C54H60FN9O9. The molecule has 4 N–H and O–H groups in total. The van der Waals surface area contributed by atoms with E-state index in [2.05, 4.69) is 26.7 Å². The number of halogens is 1. The second-order valence-electron chi connectivity index (χ2n) is 20.0. The van der Waals surface area contributed by atoms with Gasteiger partial charge in [-0.15, -0.1) is 0 Å². The summed E-state index contributed by atoms with van der Waals surface area (Å²) >= 11 is 0. The number of imidazole rings is 2. The van der Waals surface area contributed by atoms with E-state index in [1.807, 2.05) is 65.8 Å². The Bertz CT molecular complexity index is 3090. The van der Waals surface area contributed by atoms with Gasteiger partial charge < -0.3 is 58.7 Å². The summed E-state index contributed by atoms with van der Waals surface area (Å²) in [6.45, 7) is 6.44. The van der Waals surface area contributed by atoms with Crippen molar-refractivity contribution in [3.8, 4) is 45.3 Å². The van der Waals surface area contributed by atoms with Crippen LogP contribution in [0.25, 0.3) is 44.7 Å². The summed E-state index contributed by atoms with van der Waals surface area (Å²) in [5, 5.41) is 6.36. The van der Waals surface area contributed by atoms with Crippen LogP contribution in [-0.4, -0.2) is 118 Å². The number of hydrogen-bond acceptors (Lipinski definition) is 11. The van der Waals surface area contributed by atoms with Crippen molar-refractivity contribution < 1.29 is 47.3 Å². The Hall–Kier alpha value is -7.41. The third kappa shape index (κ3) is 9.01. The summed E-state index contributed by atoms with van der Waals surface area (Å²) in [5.74, 6) is 1.24. The van der Waals surface area contributed by atoms with Crippen LogP contribution in [0.1, 0.15) is 99.9 Å². The molecule has 3 saturated heterocycles. The van der Waals surface area contributed by atoms with Crippen LogP contribution >= 0.6 is 0 Å². The van der Waals surface area contributed by atoms with E-state index in [-0.39, 0.29) is 35.7 Å². The van der Waals surface area contributed by atoms with E-state index in [0.29, 0.717) is 98.5 Å². The molecule has 382 valence electrons. The molecule has 3 aromatic carbocycles. The van der Waals surface area contributed by atoms with Crippen LogP contribution in [0.15, 0.2) is 67.0 Å². The molecular weight excluding hydrogens is 938 g/mol. The van der Waals surface area contributed by atoms with Crippen molar-refractivity contribution in [3.05, 3.63) is 95.6 Å². The summed E-state index contributed by atoms with van der Waals surface area (Å²) in [7, 11) is 2.56. The lowest BCUT2D eigenvalue weighted by atomic mass is 9.90. The molecule has 5 aliphatic rings. The van der Waals surface area contributed by atoms with Crippen molar-refractivity contribution in [1.82, 2.24) is 44.9 Å². The summed E-state index contributed by atoms with van der Waals surface area (Å²) in [6, 6.07) is 15.3. The minimum absolute atomic E-state index is 0.0806. The standard InChI is InChI=1S/C54H60FN9O9/c1-29(2)46(60-53(67)69-3)50(65)62-17-5-9-40(62)49-57-28-38(59-49)34-23-36(55)45-42-24-35-22-32(13-14-39(35)64(42)52(73-44(45)26-34)33-12-11-30-8-7-19-72-43(30)25-33)37-27-56-48(58-37)41-10-6-18-63(41)51(66)47(61-54(68)70-4)31-15-20-71-21-16-31/h11-14,22-29,31,40-41,46-47,52H,5-10,15-21H2,1-4H3,(H,56,58)(H,57,59)(H,60,67)(H,61,68)/t40-,41-,46-,47-,52-/m0/s1. The van der Waals surface area contributed by atoms with Gasteiger partial charge in [-0.25, -0.2) is 23.9 Å². The first-order chi connectivity index (χ1) is 35.5. The van der Waals surface area contributed by atoms with Crippen molar-refractivity contribution in [2.75, 3.05) is 47.1 Å². The van der Waals surface area contributed by atoms with E-state index in [4.69, 9.17) is 33.7 Å². The number of hydrogen-bond donors (Lipinski definition) is 4. The molecule has 0 radical (unpaired) electrons. The molecule has 3 fully saturated rings. The first kappa shape index (κ1) is 47.9. The first-order valence-corrected chi connectivity index (χ1v) is 25.4. The Morgan fingerprint density at radius 3 is 2.14 bits per heavy atom. The van der Waals surface area contributed by atoms with Crippen LogP contribution in [0.3, 0.4) is 0 Å². The number of benzene rings is 3. The Balaban J connectivity index is 0.911. The van der Waals surface area contributed by atoms with Crippen LogP contribution in [0.2, 0.25) is 0 Å². The van der Waals surface area contributed by atoms with Gasteiger partial charge in [0.1, 0.15) is 41.0 Å². The minimum atomic E-state index is -0.781. The lowest BCUT2D eigenvalue weighted by Gasteiger charge is -2.34. The van der Waals surface area contributed by atoms with Crippen molar-refractivity contribution >= 4 is 34.9 Å². The number of rotatable bonds is 11. The number of ether oxygens (including phenoxy) is 5. The van der Waals surface area contributed by atoms with Gasteiger partial charge in [-0.2, -0.15) is 0 Å². The molecule has 73 heavy (non-hydrogen) atoms. The third-order valence-electron chi connectivity index (χ3n) is 15.2.